The summed E-state index contributed by atoms with van der Waals surface area (Å²) >= 11 is 0. The lowest BCUT2D eigenvalue weighted by atomic mass is 10.1. The minimum Gasteiger partial charge on any atom is -0.370 e. The van der Waals surface area contributed by atoms with Gasteiger partial charge in [-0.2, -0.15) is 0 Å². The first kappa shape index (κ1) is 18.3. The highest BCUT2D eigenvalue weighted by Gasteiger charge is 2.02. The van der Waals surface area contributed by atoms with Crippen LogP contribution in [0.15, 0.2) is 53.7 Å². The van der Waals surface area contributed by atoms with Crippen LogP contribution >= 0.6 is 24.0 Å². The first-order valence-corrected chi connectivity index (χ1v) is 7.82. The zero-order valence-electron chi connectivity index (χ0n) is 14.0. The fourth-order valence-corrected chi connectivity index (χ4v) is 2.87. The van der Waals surface area contributed by atoms with Crippen LogP contribution < -0.4 is 11.1 Å². The van der Waals surface area contributed by atoms with E-state index in [2.05, 4.69) is 65.5 Å². The summed E-state index contributed by atoms with van der Waals surface area (Å²) in [6.45, 7) is 4.80. The molecule has 126 valence electrons. The second-order valence-corrected chi connectivity index (χ2v) is 5.88. The minimum absolute atomic E-state index is 0. The van der Waals surface area contributed by atoms with Crippen LogP contribution in [0.5, 0.6) is 0 Å². The molecular weight excluding hydrogens is 411 g/mol. The molecule has 0 unspecified atom stereocenters. The van der Waals surface area contributed by atoms with Gasteiger partial charge in [0.15, 0.2) is 5.96 Å². The number of benzene rings is 2. The summed E-state index contributed by atoms with van der Waals surface area (Å²) in [5.41, 5.74) is 11.8. The maximum Gasteiger partial charge on any atom is 0.193 e. The Kier molecular flexibility index (Phi) is 6.25. The molecule has 0 spiro atoms. The smallest absolute Gasteiger partial charge is 0.193 e. The van der Waals surface area contributed by atoms with E-state index in [4.69, 9.17) is 5.73 Å². The number of aliphatic imine (C=N–C) groups is 1. The molecule has 2 aromatic carbocycles. The second-order valence-electron chi connectivity index (χ2n) is 5.88. The second kappa shape index (κ2) is 8.19. The predicted octanol–water partition coefficient (Wildman–Crippen LogP) is 4.37. The third-order valence-corrected chi connectivity index (χ3v) is 3.83. The monoisotopic (exact) mass is 434 g/mol. The van der Waals surface area contributed by atoms with Crippen molar-refractivity contribution in [3.8, 4) is 0 Å². The van der Waals surface area contributed by atoms with Crippen molar-refractivity contribution in [2.75, 3.05) is 11.9 Å². The van der Waals surface area contributed by atoms with E-state index in [-0.39, 0.29) is 24.0 Å². The Labute approximate surface area is 159 Å². The van der Waals surface area contributed by atoms with Gasteiger partial charge in [-0.1, -0.05) is 24.3 Å². The molecule has 3 rings (SSSR count). The van der Waals surface area contributed by atoms with Gasteiger partial charge in [0, 0.05) is 29.3 Å². The lowest BCUT2D eigenvalue weighted by Crippen LogP contribution is -2.23. The predicted molar refractivity (Wildman–Crippen MR) is 113 cm³/mol. The number of aryl methyl sites for hydroxylation is 2. The fraction of sp³-hybridized carbons (Fsp3) is 0.211. The fourth-order valence-electron chi connectivity index (χ4n) is 2.87. The zero-order valence-corrected chi connectivity index (χ0v) is 16.3. The summed E-state index contributed by atoms with van der Waals surface area (Å²) in [5, 5.41) is 4.41. The number of nitrogens with zero attached hydrogens (tertiary/aromatic N) is 1. The van der Waals surface area contributed by atoms with Gasteiger partial charge in [0.25, 0.3) is 0 Å². The number of rotatable bonds is 4. The molecule has 0 aliphatic carbocycles. The molecule has 0 aliphatic heterocycles. The van der Waals surface area contributed by atoms with Crippen molar-refractivity contribution in [3.05, 3.63) is 65.4 Å². The molecule has 0 aliphatic rings. The number of nitrogens with two attached hydrogens (primary N) is 1. The van der Waals surface area contributed by atoms with Gasteiger partial charge in [0.2, 0.25) is 0 Å². The molecule has 0 fully saturated rings. The summed E-state index contributed by atoms with van der Waals surface area (Å²) in [4.78, 5) is 7.71. The van der Waals surface area contributed by atoms with Crippen LogP contribution in [-0.4, -0.2) is 17.5 Å². The number of para-hydroxylation sites is 1. The number of hydrogen-bond acceptors (Lipinski definition) is 1. The van der Waals surface area contributed by atoms with Crippen molar-refractivity contribution in [2.24, 2.45) is 10.7 Å². The van der Waals surface area contributed by atoms with Crippen LogP contribution in [0.2, 0.25) is 0 Å². The number of halogens is 1. The third-order valence-electron chi connectivity index (χ3n) is 3.83. The Morgan fingerprint density at radius 3 is 2.58 bits per heavy atom. The topological polar surface area (TPSA) is 66.2 Å². The normalized spacial score (nSPS) is 11.3. The molecule has 0 saturated heterocycles. The molecule has 0 atom stereocenters. The van der Waals surface area contributed by atoms with Gasteiger partial charge in [-0.15, -0.1) is 24.0 Å². The molecule has 5 heteroatoms. The van der Waals surface area contributed by atoms with E-state index in [0.717, 1.165) is 17.6 Å². The van der Waals surface area contributed by atoms with E-state index in [0.29, 0.717) is 12.5 Å². The molecule has 1 aromatic heterocycles. The number of anilines is 1. The lowest BCUT2D eigenvalue weighted by Gasteiger charge is -2.08. The van der Waals surface area contributed by atoms with Crippen molar-refractivity contribution in [2.45, 2.75) is 20.3 Å². The number of H-pyrrole nitrogens is 1. The molecule has 0 bridgehead atoms. The first-order valence-electron chi connectivity index (χ1n) is 7.82. The maximum absolute atomic E-state index is 5.99. The molecule has 0 amide bonds. The quantitative estimate of drug-likeness (QED) is 0.324. The third kappa shape index (κ3) is 4.50. The number of hydrogen-bond donors (Lipinski definition) is 3. The Bertz CT molecular complexity index is 831. The molecule has 3 aromatic rings. The lowest BCUT2D eigenvalue weighted by molar-refractivity contribution is 0.972. The van der Waals surface area contributed by atoms with Gasteiger partial charge < -0.3 is 16.0 Å². The van der Waals surface area contributed by atoms with Crippen LogP contribution in [0.25, 0.3) is 10.9 Å². The highest BCUT2D eigenvalue weighted by Crippen LogP contribution is 2.18. The molecule has 1 heterocycles. The van der Waals surface area contributed by atoms with Gasteiger partial charge in [-0.25, -0.2) is 0 Å². The van der Waals surface area contributed by atoms with Gasteiger partial charge >= 0.3 is 0 Å². The SMILES string of the molecule is Cc1cc(C)cc(NC(N)=NCCc2c[nH]c3ccccc23)c1.I. The molecule has 0 radical (unpaired) electrons. The van der Waals surface area contributed by atoms with Gasteiger partial charge in [0.05, 0.1) is 0 Å². The number of aromatic amines is 1. The molecule has 4 nitrogen and oxygen atoms in total. The average molecular weight is 434 g/mol. The van der Waals surface area contributed by atoms with Gasteiger partial charge in [-0.05, 0) is 55.2 Å². The molecule has 24 heavy (non-hydrogen) atoms. The van der Waals surface area contributed by atoms with Gasteiger partial charge in [-0.3, -0.25) is 4.99 Å². The highest BCUT2D eigenvalue weighted by atomic mass is 127. The number of fused-ring (bicyclic) bond motifs is 1. The van der Waals surface area contributed by atoms with Crippen LogP contribution in [0, 0.1) is 13.8 Å². The molecular formula is C19H23IN4. The summed E-state index contributed by atoms with van der Waals surface area (Å²) in [7, 11) is 0. The van der Waals surface area contributed by atoms with E-state index in [1.54, 1.807) is 0 Å². The minimum atomic E-state index is 0. The van der Waals surface area contributed by atoms with E-state index in [1.807, 2.05) is 12.3 Å². The highest BCUT2D eigenvalue weighted by molar-refractivity contribution is 14.0. The van der Waals surface area contributed by atoms with Crippen molar-refractivity contribution in [1.82, 2.24) is 4.98 Å². The summed E-state index contributed by atoms with van der Waals surface area (Å²) in [5.74, 6) is 0.454. The molecule has 0 saturated carbocycles. The van der Waals surface area contributed by atoms with E-state index < -0.39 is 0 Å². The van der Waals surface area contributed by atoms with Gasteiger partial charge in [0.1, 0.15) is 0 Å². The Hall–Kier alpha value is -2.02. The number of nitrogens with one attached hydrogen (secondary N) is 2. The number of guanidine groups is 1. The van der Waals surface area contributed by atoms with Crippen LogP contribution in [-0.2, 0) is 6.42 Å². The summed E-state index contributed by atoms with van der Waals surface area (Å²) in [6.07, 6.45) is 2.91. The summed E-state index contributed by atoms with van der Waals surface area (Å²) in [6, 6.07) is 14.6. The first-order chi connectivity index (χ1) is 11.1. The van der Waals surface area contributed by atoms with E-state index in [9.17, 15) is 0 Å². The van der Waals surface area contributed by atoms with Crippen LogP contribution in [0.4, 0.5) is 5.69 Å². The van der Waals surface area contributed by atoms with Crippen molar-refractivity contribution < 1.29 is 0 Å². The Morgan fingerprint density at radius 1 is 1.12 bits per heavy atom. The standard InChI is InChI=1S/C19H22N4.HI/c1-13-9-14(2)11-16(10-13)23-19(20)21-8-7-15-12-22-18-6-4-3-5-17(15)18;/h3-6,9-12,22H,7-8H2,1-2H3,(H3,20,21,23);1H. The average Bonchev–Trinajstić information content (AvgIpc) is 2.90. The maximum atomic E-state index is 5.99. The van der Waals surface area contributed by atoms with Crippen molar-refractivity contribution in [3.63, 3.8) is 0 Å². The Balaban J connectivity index is 0.00000208. The van der Waals surface area contributed by atoms with Crippen LogP contribution in [0.1, 0.15) is 16.7 Å². The van der Waals surface area contributed by atoms with Crippen molar-refractivity contribution >= 4 is 46.5 Å². The van der Waals surface area contributed by atoms with Crippen molar-refractivity contribution in [1.29, 1.82) is 0 Å². The molecule has 4 N–H and O–H groups in total. The summed E-state index contributed by atoms with van der Waals surface area (Å²) < 4.78 is 0. The van der Waals surface area contributed by atoms with E-state index >= 15 is 0 Å². The van der Waals surface area contributed by atoms with Crippen LogP contribution in [0.3, 0.4) is 0 Å². The Morgan fingerprint density at radius 2 is 1.83 bits per heavy atom. The number of aromatic nitrogens is 1. The largest absolute Gasteiger partial charge is 0.370 e. The van der Waals surface area contributed by atoms with E-state index in [1.165, 1.54) is 22.1 Å². The zero-order chi connectivity index (χ0) is 16.2.